The molecule has 0 bridgehead atoms. The Hall–Kier alpha value is -0.0400. The number of nitrogens with zero attached hydrogens (tertiary/aromatic N) is 1. The first-order valence-corrected chi connectivity index (χ1v) is 7.53. The molecule has 0 amide bonds. The van der Waals surface area contributed by atoms with Crippen LogP contribution in [0.15, 0.2) is 0 Å². The van der Waals surface area contributed by atoms with E-state index in [1.54, 1.807) is 0 Å². The highest BCUT2D eigenvalue weighted by Crippen LogP contribution is 2.38. The highest BCUT2D eigenvalue weighted by atomic mass is 15.4. The van der Waals surface area contributed by atoms with Crippen molar-refractivity contribution < 1.29 is 4.48 Å². The third-order valence-corrected chi connectivity index (χ3v) is 5.47. The van der Waals surface area contributed by atoms with Gasteiger partial charge in [-0.15, -0.1) is 0 Å². The minimum absolute atomic E-state index is 0.999. The highest BCUT2D eigenvalue weighted by Gasteiger charge is 2.45. The molecule has 0 aromatic heterocycles. The van der Waals surface area contributed by atoms with Crippen molar-refractivity contribution in [3.05, 3.63) is 0 Å². The van der Waals surface area contributed by atoms with Gasteiger partial charge in [-0.05, 0) is 38.5 Å². The third-order valence-electron chi connectivity index (χ3n) is 5.47. The maximum absolute atomic E-state index is 2.55. The van der Waals surface area contributed by atoms with Gasteiger partial charge in [0.2, 0.25) is 0 Å². The van der Waals surface area contributed by atoms with Crippen LogP contribution in [0.3, 0.4) is 0 Å². The van der Waals surface area contributed by atoms with Gasteiger partial charge in [0, 0.05) is 11.8 Å². The van der Waals surface area contributed by atoms with E-state index in [-0.39, 0.29) is 0 Å². The Balaban J connectivity index is 2.02. The maximum atomic E-state index is 2.55. The molecule has 2 unspecified atom stereocenters. The Morgan fingerprint density at radius 2 is 1.38 bits per heavy atom. The zero-order valence-electron chi connectivity index (χ0n) is 11.5. The number of rotatable bonds is 3. The molecule has 0 radical (unpaired) electrons. The Labute approximate surface area is 102 Å². The van der Waals surface area contributed by atoms with Crippen LogP contribution in [-0.4, -0.2) is 30.7 Å². The van der Waals surface area contributed by atoms with Gasteiger partial charge in [-0.1, -0.05) is 20.3 Å². The molecule has 1 saturated carbocycles. The number of hydrogen-bond acceptors (Lipinski definition) is 0. The van der Waals surface area contributed by atoms with Crippen molar-refractivity contribution in [1.29, 1.82) is 0 Å². The fraction of sp³-hybridized carbons (Fsp3) is 1.00. The van der Waals surface area contributed by atoms with Crippen molar-refractivity contribution in [1.82, 2.24) is 0 Å². The summed E-state index contributed by atoms with van der Waals surface area (Å²) < 4.78 is 1.41. The molecule has 1 saturated heterocycles. The Bertz CT molecular complexity index is 205. The molecule has 1 heterocycles. The van der Waals surface area contributed by atoms with Crippen molar-refractivity contribution in [2.75, 3.05) is 20.1 Å². The van der Waals surface area contributed by atoms with Crippen molar-refractivity contribution in [2.45, 2.75) is 64.8 Å². The standard InChI is InChI=1S/C15H30N/c1-4-13-11-16(3,12-14(13)5-2)15-9-7-6-8-10-15/h13-15H,4-12H2,1-3H3/q+1. The van der Waals surface area contributed by atoms with Gasteiger partial charge in [0.15, 0.2) is 0 Å². The van der Waals surface area contributed by atoms with E-state index >= 15 is 0 Å². The van der Waals surface area contributed by atoms with E-state index in [4.69, 9.17) is 0 Å². The summed E-state index contributed by atoms with van der Waals surface area (Å²) in [4.78, 5) is 0. The van der Waals surface area contributed by atoms with Gasteiger partial charge in [0.25, 0.3) is 0 Å². The van der Waals surface area contributed by atoms with E-state index in [0.717, 1.165) is 17.9 Å². The van der Waals surface area contributed by atoms with Gasteiger partial charge in [-0.2, -0.15) is 0 Å². The zero-order valence-corrected chi connectivity index (χ0v) is 11.5. The summed E-state index contributed by atoms with van der Waals surface area (Å²) in [5, 5.41) is 0. The fourth-order valence-corrected chi connectivity index (χ4v) is 4.37. The zero-order chi connectivity index (χ0) is 11.6. The molecule has 94 valence electrons. The van der Waals surface area contributed by atoms with Gasteiger partial charge in [-0.25, -0.2) is 0 Å². The molecule has 1 heteroatoms. The number of hydrogen-bond donors (Lipinski definition) is 0. The van der Waals surface area contributed by atoms with E-state index in [9.17, 15) is 0 Å². The van der Waals surface area contributed by atoms with Crippen LogP contribution < -0.4 is 0 Å². The molecule has 2 atom stereocenters. The average Bonchev–Trinajstić information content (AvgIpc) is 2.68. The van der Waals surface area contributed by atoms with Crippen molar-refractivity contribution in [3.63, 3.8) is 0 Å². The molecule has 16 heavy (non-hydrogen) atoms. The molecule has 1 aliphatic heterocycles. The molecule has 0 aromatic carbocycles. The lowest BCUT2D eigenvalue weighted by Crippen LogP contribution is -2.51. The van der Waals surface area contributed by atoms with Crippen LogP contribution in [0.5, 0.6) is 0 Å². The van der Waals surface area contributed by atoms with Crippen LogP contribution >= 0.6 is 0 Å². The second kappa shape index (κ2) is 5.08. The first-order chi connectivity index (χ1) is 7.69. The van der Waals surface area contributed by atoms with E-state index < -0.39 is 0 Å². The van der Waals surface area contributed by atoms with Crippen molar-refractivity contribution >= 4 is 0 Å². The van der Waals surface area contributed by atoms with E-state index in [2.05, 4.69) is 20.9 Å². The Kier molecular flexibility index (Phi) is 3.94. The summed E-state index contributed by atoms with van der Waals surface area (Å²) in [7, 11) is 2.55. The monoisotopic (exact) mass is 224 g/mol. The molecular formula is C15H30N+. The van der Waals surface area contributed by atoms with Crippen LogP contribution in [0.2, 0.25) is 0 Å². The van der Waals surface area contributed by atoms with Gasteiger partial charge >= 0.3 is 0 Å². The third kappa shape index (κ3) is 2.30. The van der Waals surface area contributed by atoms with Gasteiger partial charge < -0.3 is 4.48 Å². The van der Waals surface area contributed by atoms with Crippen LogP contribution in [0.1, 0.15) is 58.8 Å². The number of likely N-dealkylation sites (tertiary alicyclic amines) is 1. The Morgan fingerprint density at radius 1 is 0.875 bits per heavy atom. The molecule has 0 N–H and O–H groups in total. The molecular weight excluding hydrogens is 194 g/mol. The summed E-state index contributed by atoms with van der Waals surface area (Å²) in [6.07, 6.45) is 10.3. The fourth-order valence-electron chi connectivity index (χ4n) is 4.37. The minimum atomic E-state index is 0.999. The van der Waals surface area contributed by atoms with E-state index in [1.165, 1.54) is 62.5 Å². The summed E-state index contributed by atoms with van der Waals surface area (Å²) in [6, 6.07) is 0.999. The van der Waals surface area contributed by atoms with Crippen molar-refractivity contribution in [2.24, 2.45) is 11.8 Å². The van der Waals surface area contributed by atoms with Crippen molar-refractivity contribution in [3.8, 4) is 0 Å². The number of quaternary nitrogens is 1. The van der Waals surface area contributed by atoms with Gasteiger partial charge in [0.1, 0.15) is 0 Å². The molecule has 0 spiro atoms. The molecule has 0 aromatic rings. The van der Waals surface area contributed by atoms with E-state index in [1.807, 2.05) is 0 Å². The smallest absolute Gasteiger partial charge is 0.0888 e. The van der Waals surface area contributed by atoms with E-state index in [0.29, 0.717) is 0 Å². The largest absolute Gasteiger partial charge is 0.323 e. The summed E-state index contributed by atoms with van der Waals surface area (Å²) in [6.45, 7) is 7.73. The second-order valence-electron chi connectivity index (χ2n) is 6.47. The molecule has 1 nitrogen and oxygen atoms in total. The summed E-state index contributed by atoms with van der Waals surface area (Å²) in [5.41, 5.74) is 0. The topological polar surface area (TPSA) is 0 Å². The lowest BCUT2D eigenvalue weighted by atomic mass is 9.92. The second-order valence-corrected chi connectivity index (χ2v) is 6.47. The van der Waals surface area contributed by atoms with Crippen LogP contribution in [0.25, 0.3) is 0 Å². The molecule has 1 aliphatic carbocycles. The minimum Gasteiger partial charge on any atom is -0.323 e. The van der Waals surface area contributed by atoms with Gasteiger partial charge in [-0.3, -0.25) is 0 Å². The Morgan fingerprint density at radius 3 is 1.81 bits per heavy atom. The SMILES string of the molecule is CCC1C[N+](C)(C2CCCCC2)CC1CC. The maximum Gasteiger partial charge on any atom is 0.0888 e. The first-order valence-electron chi connectivity index (χ1n) is 7.53. The summed E-state index contributed by atoms with van der Waals surface area (Å²) >= 11 is 0. The molecule has 2 aliphatic rings. The quantitative estimate of drug-likeness (QED) is 0.639. The lowest BCUT2D eigenvalue weighted by Gasteiger charge is -2.40. The summed E-state index contributed by atoms with van der Waals surface area (Å²) in [5.74, 6) is 2.02. The molecule has 2 fully saturated rings. The van der Waals surface area contributed by atoms with Crippen LogP contribution in [-0.2, 0) is 0 Å². The first kappa shape index (κ1) is 12.4. The lowest BCUT2D eigenvalue weighted by molar-refractivity contribution is -0.926. The predicted octanol–water partition coefficient (Wildman–Crippen LogP) is 3.83. The molecule has 2 rings (SSSR count). The average molecular weight is 224 g/mol. The highest BCUT2D eigenvalue weighted by molar-refractivity contribution is 4.78. The van der Waals surface area contributed by atoms with Gasteiger partial charge in [0.05, 0.1) is 26.2 Å². The normalized spacial score (nSPS) is 41.4. The van der Waals surface area contributed by atoms with Crippen LogP contribution in [0, 0.1) is 11.8 Å². The van der Waals surface area contributed by atoms with Crippen LogP contribution in [0.4, 0.5) is 0 Å². The predicted molar refractivity (Wildman–Crippen MR) is 70.4 cm³/mol.